The standard InChI is InChI=1S/C17H18ClFN6OS/c1-25(2)7-8-27-17-22-14-11(5-6-20-16(14)23-17)15(24-26)21-10-3-4-13(19)12(18)9-10/h3-6,9,26H,7-8H2,1-2H3,(H,21,24)(H,20,22,23). The van der Waals surface area contributed by atoms with Gasteiger partial charge < -0.3 is 9.88 Å². The van der Waals surface area contributed by atoms with Gasteiger partial charge in [0.15, 0.2) is 16.6 Å². The van der Waals surface area contributed by atoms with Crippen LogP contribution in [0.4, 0.5) is 10.1 Å². The van der Waals surface area contributed by atoms with E-state index < -0.39 is 5.82 Å². The van der Waals surface area contributed by atoms with Gasteiger partial charge in [0.25, 0.3) is 0 Å². The van der Waals surface area contributed by atoms with E-state index in [1.807, 2.05) is 14.1 Å². The fraction of sp³-hybridized carbons (Fsp3) is 0.235. The number of benzene rings is 1. The molecule has 0 radical (unpaired) electrons. The van der Waals surface area contributed by atoms with Crippen LogP contribution in [-0.2, 0) is 0 Å². The number of hydrogen-bond acceptors (Lipinski definition) is 6. The highest BCUT2D eigenvalue weighted by atomic mass is 35.5. The number of thioether (sulfide) groups is 1. The Bertz CT molecular complexity index is 977. The van der Waals surface area contributed by atoms with Gasteiger partial charge in [0.2, 0.25) is 0 Å². The van der Waals surface area contributed by atoms with Crippen LogP contribution in [0.5, 0.6) is 0 Å². The second-order valence-electron chi connectivity index (χ2n) is 5.92. The molecule has 3 aromatic rings. The summed E-state index contributed by atoms with van der Waals surface area (Å²) in [5.74, 6) is 0.502. The molecule has 0 saturated carbocycles. The van der Waals surface area contributed by atoms with Crippen molar-refractivity contribution < 1.29 is 9.60 Å². The van der Waals surface area contributed by atoms with Crippen LogP contribution in [0.3, 0.4) is 0 Å². The maximum atomic E-state index is 13.3. The highest BCUT2D eigenvalue weighted by molar-refractivity contribution is 7.99. The topological polar surface area (TPSA) is 89.4 Å². The first kappa shape index (κ1) is 19.6. The SMILES string of the molecule is CN(C)CCSc1nc2nccc(C(=Nc3ccc(F)c(Cl)c3)NO)c2[nH]1. The Hall–Kier alpha value is -2.20. The summed E-state index contributed by atoms with van der Waals surface area (Å²) < 4.78 is 13.3. The number of imidazole rings is 1. The Kier molecular flexibility index (Phi) is 6.27. The zero-order valence-corrected chi connectivity index (χ0v) is 16.3. The quantitative estimate of drug-likeness (QED) is 0.250. The van der Waals surface area contributed by atoms with Crippen LogP contribution in [0.1, 0.15) is 5.56 Å². The Labute approximate surface area is 164 Å². The molecule has 3 N–H and O–H groups in total. The van der Waals surface area contributed by atoms with E-state index in [0.29, 0.717) is 22.4 Å². The van der Waals surface area contributed by atoms with Crippen LogP contribution in [0.15, 0.2) is 40.6 Å². The first-order chi connectivity index (χ1) is 13.0. The lowest BCUT2D eigenvalue weighted by Gasteiger charge is -2.07. The number of halogens is 2. The Morgan fingerprint density at radius 1 is 1.41 bits per heavy atom. The number of amidine groups is 1. The van der Waals surface area contributed by atoms with E-state index in [1.165, 1.54) is 18.2 Å². The third-order valence-electron chi connectivity index (χ3n) is 3.65. The molecular formula is C17H18ClFN6OS. The maximum absolute atomic E-state index is 13.3. The molecule has 0 bridgehead atoms. The molecule has 0 atom stereocenters. The third-order valence-corrected chi connectivity index (χ3v) is 4.80. The number of aliphatic imine (C=N–C) groups is 1. The van der Waals surface area contributed by atoms with Gasteiger partial charge in [-0.2, -0.15) is 0 Å². The number of rotatable bonds is 6. The van der Waals surface area contributed by atoms with Crippen LogP contribution in [0.2, 0.25) is 5.02 Å². The molecular weight excluding hydrogens is 391 g/mol. The number of nitrogens with one attached hydrogen (secondary N) is 2. The van der Waals surface area contributed by atoms with Gasteiger partial charge in [0.05, 0.1) is 16.2 Å². The van der Waals surface area contributed by atoms with E-state index in [2.05, 4.69) is 30.3 Å². The molecule has 0 unspecified atom stereocenters. The van der Waals surface area contributed by atoms with Crippen LogP contribution < -0.4 is 5.48 Å². The molecule has 0 spiro atoms. The molecule has 3 rings (SSSR count). The molecule has 7 nitrogen and oxygen atoms in total. The average Bonchev–Trinajstić information content (AvgIpc) is 3.05. The Morgan fingerprint density at radius 3 is 2.93 bits per heavy atom. The fourth-order valence-electron chi connectivity index (χ4n) is 2.31. The van der Waals surface area contributed by atoms with Gasteiger partial charge in [-0.3, -0.25) is 10.7 Å². The third kappa shape index (κ3) is 4.75. The molecule has 27 heavy (non-hydrogen) atoms. The van der Waals surface area contributed by atoms with Gasteiger partial charge in [0, 0.05) is 24.1 Å². The average molecular weight is 409 g/mol. The highest BCUT2D eigenvalue weighted by Gasteiger charge is 2.13. The fourth-order valence-corrected chi connectivity index (χ4v) is 3.46. The molecule has 142 valence electrons. The van der Waals surface area contributed by atoms with Gasteiger partial charge in [-0.1, -0.05) is 23.4 Å². The molecule has 2 aromatic heterocycles. The molecule has 0 aliphatic carbocycles. The van der Waals surface area contributed by atoms with Gasteiger partial charge in [-0.05, 0) is 38.4 Å². The van der Waals surface area contributed by atoms with Crippen molar-refractivity contribution in [3.8, 4) is 0 Å². The summed E-state index contributed by atoms with van der Waals surface area (Å²) >= 11 is 7.38. The minimum absolute atomic E-state index is 0.0467. The molecule has 0 aliphatic rings. The van der Waals surface area contributed by atoms with Gasteiger partial charge >= 0.3 is 0 Å². The zero-order valence-electron chi connectivity index (χ0n) is 14.7. The van der Waals surface area contributed by atoms with Crippen molar-refractivity contribution in [2.45, 2.75) is 5.16 Å². The lowest BCUT2D eigenvalue weighted by Crippen LogP contribution is -2.20. The molecule has 0 fully saturated rings. The normalized spacial score (nSPS) is 12.1. The van der Waals surface area contributed by atoms with E-state index in [-0.39, 0.29) is 10.9 Å². The number of fused-ring (bicyclic) bond motifs is 1. The molecule has 0 aliphatic heterocycles. The van der Waals surface area contributed by atoms with Gasteiger partial charge in [0.1, 0.15) is 5.82 Å². The van der Waals surface area contributed by atoms with Gasteiger partial charge in [-0.25, -0.2) is 19.4 Å². The molecule has 0 saturated heterocycles. The summed E-state index contributed by atoms with van der Waals surface area (Å²) in [6.45, 7) is 0.915. The number of hydroxylamine groups is 1. The lowest BCUT2D eigenvalue weighted by molar-refractivity contribution is 0.235. The van der Waals surface area contributed by atoms with Crippen LogP contribution in [-0.4, -0.2) is 57.3 Å². The van der Waals surface area contributed by atoms with E-state index in [1.54, 1.807) is 24.0 Å². The van der Waals surface area contributed by atoms with Crippen molar-refractivity contribution in [1.29, 1.82) is 0 Å². The van der Waals surface area contributed by atoms with E-state index in [0.717, 1.165) is 17.5 Å². The zero-order chi connectivity index (χ0) is 19.4. The Morgan fingerprint density at radius 2 is 2.22 bits per heavy atom. The largest absolute Gasteiger partial charge is 0.331 e. The van der Waals surface area contributed by atoms with E-state index in [9.17, 15) is 9.60 Å². The van der Waals surface area contributed by atoms with Crippen molar-refractivity contribution in [2.24, 2.45) is 4.99 Å². The highest BCUT2D eigenvalue weighted by Crippen LogP contribution is 2.24. The lowest BCUT2D eigenvalue weighted by atomic mass is 10.2. The number of nitrogens with zero attached hydrogens (tertiary/aromatic N) is 4. The number of hydrogen-bond donors (Lipinski definition) is 3. The second-order valence-corrected chi connectivity index (χ2v) is 7.41. The minimum atomic E-state index is -0.534. The predicted octanol–water partition coefficient (Wildman–Crippen LogP) is 3.46. The van der Waals surface area contributed by atoms with Gasteiger partial charge in [-0.15, -0.1) is 0 Å². The minimum Gasteiger partial charge on any atom is -0.331 e. The van der Waals surface area contributed by atoms with Crippen molar-refractivity contribution >= 4 is 46.0 Å². The van der Waals surface area contributed by atoms with Crippen molar-refractivity contribution in [3.05, 3.63) is 46.9 Å². The summed E-state index contributed by atoms with van der Waals surface area (Å²) in [6.07, 6.45) is 1.58. The second kappa shape index (κ2) is 8.66. The predicted molar refractivity (Wildman–Crippen MR) is 106 cm³/mol. The number of H-pyrrole nitrogens is 1. The monoisotopic (exact) mass is 408 g/mol. The smallest absolute Gasteiger partial charge is 0.179 e. The van der Waals surface area contributed by atoms with E-state index in [4.69, 9.17) is 11.6 Å². The molecule has 2 heterocycles. The summed E-state index contributed by atoms with van der Waals surface area (Å²) in [6, 6.07) is 5.75. The summed E-state index contributed by atoms with van der Waals surface area (Å²) in [5, 5.41) is 10.3. The molecule has 0 amide bonds. The van der Waals surface area contributed by atoms with Crippen LogP contribution in [0, 0.1) is 5.82 Å². The van der Waals surface area contributed by atoms with Crippen LogP contribution in [0.25, 0.3) is 11.2 Å². The Balaban J connectivity index is 1.94. The summed E-state index contributed by atoms with van der Waals surface area (Å²) in [7, 11) is 4.02. The number of aromatic nitrogens is 3. The first-order valence-electron chi connectivity index (χ1n) is 8.04. The first-order valence-corrected chi connectivity index (χ1v) is 9.40. The summed E-state index contributed by atoms with van der Waals surface area (Å²) in [5.41, 5.74) is 4.21. The number of pyridine rings is 1. The maximum Gasteiger partial charge on any atom is 0.179 e. The van der Waals surface area contributed by atoms with E-state index >= 15 is 0 Å². The summed E-state index contributed by atoms with van der Waals surface area (Å²) in [4.78, 5) is 18.3. The van der Waals surface area contributed by atoms with Crippen molar-refractivity contribution in [3.63, 3.8) is 0 Å². The molecule has 1 aromatic carbocycles. The van der Waals surface area contributed by atoms with Crippen molar-refractivity contribution in [2.75, 3.05) is 26.4 Å². The number of aromatic amines is 1. The molecule has 10 heteroatoms. The van der Waals surface area contributed by atoms with Crippen LogP contribution >= 0.6 is 23.4 Å². The van der Waals surface area contributed by atoms with Crippen molar-refractivity contribution in [1.82, 2.24) is 25.3 Å².